The fraction of sp³-hybridized carbons (Fsp3) is 0.115. The number of thiophene rings is 1. The molecule has 0 spiro atoms. The van der Waals surface area contributed by atoms with E-state index in [1.165, 1.54) is 13.2 Å². The van der Waals surface area contributed by atoms with Gasteiger partial charge in [0.15, 0.2) is 6.61 Å². The Hall–Kier alpha value is -4.24. The molecule has 0 aliphatic heterocycles. The van der Waals surface area contributed by atoms with Crippen LogP contribution in [0, 0.1) is 12.7 Å². The van der Waals surface area contributed by atoms with Gasteiger partial charge in [-0.1, -0.05) is 18.2 Å². The monoisotopic (exact) mass is 492 g/mol. The molecule has 2 amide bonds. The summed E-state index contributed by atoms with van der Waals surface area (Å²) in [7, 11) is 1.52. The van der Waals surface area contributed by atoms with Crippen LogP contribution in [0.2, 0.25) is 0 Å². The Bertz CT molecular complexity index is 1420. The van der Waals surface area contributed by atoms with Crippen molar-refractivity contribution in [2.75, 3.05) is 24.4 Å². The molecule has 0 saturated carbocycles. The van der Waals surface area contributed by atoms with Crippen LogP contribution in [-0.2, 0) is 9.53 Å². The van der Waals surface area contributed by atoms with Crippen molar-refractivity contribution in [3.05, 3.63) is 88.6 Å². The number of hydrogen-bond acceptors (Lipinski definition) is 6. The van der Waals surface area contributed by atoms with Crippen LogP contribution in [-0.4, -0.2) is 31.5 Å². The van der Waals surface area contributed by atoms with E-state index in [-0.39, 0.29) is 10.8 Å². The van der Waals surface area contributed by atoms with Crippen LogP contribution in [0.15, 0.2) is 66.7 Å². The molecular formula is C26H21FN2O5S. The van der Waals surface area contributed by atoms with Crippen molar-refractivity contribution in [3.63, 3.8) is 0 Å². The molecule has 4 rings (SSSR count). The van der Waals surface area contributed by atoms with E-state index in [1.807, 2.05) is 0 Å². The molecule has 0 aliphatic rings. The van der Waals surface area contributed by atoms with E-state index in [0.29, 0.717) is 38.3 Å². The molecule has 0 saturated heterocycles. The molecule has 9 heteroatoms. The molecule has 0 atom stereocenters. The van der Waals surface area contributed by atoms with Crippen LogP contribution in [0.4, 0.5) is 15.8 Å². The summed E-state index contributed by atoms with van der Waals surface area (Å²) in [4.78, 5) is 37.5. The fourth-order valence-corrected chi connectivity index (χ4v) is 4.61. The van der Waals surface area contributed by atoms with E-state index in [0.717, 1.165) is 11.3 Å². The third-order valence-electron chi connectivity index (χ3n) is 5.21. The van der Waals surface area contributed by atoms with Gasteiger partial charge in [-0.25, -0.2) is 9.18 Å². The zero-order valence-corrected chi connectivity index (χ0v) is 19.7. The number of benzene rings is 3. The predicted octanol–water partition coefficient (Wildman–Crippen LogP) is 5.41. The predicted molar refractivity (Wildman–Crippen MR) is 133 cm³/mol. The number of rotatable bonds is 7. The largest absolute Gasteiger partial charge is 0.495 e. The summed E-state index contributed by atoms with van der Waals surface area (Å²) in [5, 5.41) is 5.76. The number of amides is 2. The third kappa shape index (κ3) is 5.30. The van der Waals surface area contributed by atoms with Gasteiger partial charge in [-0.3, -0.25) is 9.59 Å². The number of halogens is 1. The maximum absolute atomic E-state index is 14.1. The number of carbonyl (C=O) groups excluding carboxylic acids is 3. The molecule has 1 aromatic heterocycles. The maximum atomic E-state index is 14.1. The van der Waals surface area contributed by atoms with Gasteiger partial charge in [-0.15, -0.1) is 11.3 Å². The molecule has 0 fully saturated rings. The molecule has 35 heavy (non-hydrogen) atoms. The Morgan fingerprint density at radius 1 is 0.943 bits per heavy atom. The second-order valence-corrected chi connectivity index (χ2v) is 8.58. The normalized spacial score (nSPS) is 10.6. The Labute approximate surface area is 204 Å². The number of fused-ring (bicyclic) bond motifs is 1. The number of methoxy groups -OCH3 is 1. The first-order valence-corrected chi connectivity index (χ1v) is 11.4. The maximum Gasteiger partial charge on any atom is 0.349 e. The van der Waals surface area contributed by atoms with Crippen LogP contribution < -0.4 is 15.4 Å². The summed E-state index contributed by atoms with van der Waals surface area (Å²) < 4.78 is 25.0. The Morgan fingerprint density at radius 2 is 1.69 bits per heavy atom. The van der Waals surface area contributed by atoms with Gasteiger partial charge in [0.25, 0.3) is 11.8 Å². The van der Waals surface area contributed by atoms with Crippen molar-refractivity contribution in [3.8, 4) is 5.75 Å². The Morgan fingerprint density at radius 3 is 2.40 bits per heavy atom. The number of esters is 1. The standard InChI is InChI=1S/C26H21FN2O5S/c1-15-23-18(27)6-5-9-21(23)35-24(15)26(32)34-14-22(30)28-17-12-10-16(11-13-17)25(31)29-19-7-3-4-8-20(19)33-2/h3-13H,14H2,1-2H3,(H,28,30)(H,29,31). The molecule has 0 bridgehead atoms. The number of hydrogen-bond donors (Lipinski definition) is 2. The van der Waals surface area contributed by atoms with Gasteiger partial charge in [-0.05, 0) is 61.0 Å². The van der Waals surface area contributed by atoms with E-state index >= 15 is 0 Å². The van der Waals surface area contributed by atoms with Crippen molar-refractivity contribution in [1.29, 1.82) is 0 Å². The average Bonchev–Trinajstić information content (AvgIpc) is 3.21. The number of ether oxygens (including phenoxy) is 2. The molecule has 3 aromatic carbocycles. The second-order valence-electron chi connectivity index (χ2n) is 7.53. The third-order valence-corrected chi connectivity index (χ3v) is 6.45. The van der Waals surface area contributed by atoms with Gasteiger partial charge in [-0.2, -0.15) is 0 Å². The lowest BCUT2D eigenvalue weighted by atomic mass is 10.1. The summed E-state index contributed by atoms with van der Waals surface area (Å²) in [6.45, 7) is 1.13. The molecule has 178 valence electrons. The number of aryl methyl sites for hydroxylation is 1. The number of anilines is 2. The summed E-state index contributed by atoms with van der Waals surface area (Å²) in [5.74, 6) is -1.45. The highest BCUT2D eigenvalue weighted by molar-refractivity contribution is 7.21. The van der Waals surface area contributed by atoms with E-state index in [2.05, 4.69) is 10.6 Å². The lowest BCUT2D eigenvalue weighted by Crippen LogP contribution is -2.21. The molecule has 0 aliphatic carbocycles. The zero-order valence-electron chi connectivity index (χ0n) is 18.9. The SMILES string of the molecule is COc1ccccc1NC(=O)c1ccc(NC(=O)COC(=O)c2sc3cccc(F)c3c2C)cc1. The quantitative estimate of drug-likeness (QED) is 0.337. The van der Waals surface area contributed by atoms with Crippen LogP contribution in [0.5, 0.6) is 5.75 Å². The molecule has 2 N–H and O–H groups in total. The minimum atomic E-state index is -0.693. The van der Waals surface area contributed by atoms with Crippen LogP contribution >= 0.6 is 11.3 Å². The summed E-state index contributed by atoms with van der Waals surface area (Å²) in [6.07, 6.45) is 0. The van der Waals surface area contributed by atoms with Gasteiger partial charge in [0, 0.05) is 21.3 Å². The minimum Gasteiger partial charge on any atom is -0.495 e. The van der Waals surface area contributed by atoms with Crippen LogP contribution in [0.25, 0.3) is 10.1 Å². The molecular weight excluding hydrogens is 471 g/mol. The van der Waals surface area contributed by atoms with E-state index in [1.54, 1.807) is 67.6 Å². The smallest absolute Gasteiger partial charge is 0.349 e. The second kappa shape index (κ2) is 10.4. The van der Waals surface area contributed by atoms with Gasteiger partial charge in [0.05, 0.1) is 12.8 Å². The van der Waals surface area contributed by atoms with Crippen LogP contribution in [0.1, 0.15) is 25.6 Å². The molecule has 0 radical (unpaired) electrons. The zero-order chi connectivity index (χ0) is 24.9. The topological polar surface area (TPSA) is 93.7 Å². The van der Waals surface area contributed by atoms with Crippen molar-refractivity contribution < 1.29 is 28.2 Å². The Kier molecular flexibility index (Phi) is 7.07. The first-order chi connectivity index (χ1) is 16.9. The van der Waals surface area contributed by atoms with Gasteiger partial charge < -0.3 is 20.1 Å². The van der Waals surface area contributed by atoms with E-state index < -0.39 is 24.3 Å². The van der Waals surface area contributed by atoms with Gasteiger partial charge in [0.2, 0.25) is 0 Å². The van der Waals surface area contributed by atoms with Crippen LogP contribution in [0.3, 0.4) is 0 Å². The number of carbonyl (C=O) groups is 3. The van der Waals surface area contributed by atoms with Gasteiger partial charge >= 0.3 is 5.97 Å². The van der Waals surface area contributed by atoms with Crippen molar-refractivity contribution in [2.24, 2.45) is 0 Å². The summed E-state index contributed by atoms with van der Waals surface area (Å²) in [6, 6.07) is 17.9. The Balaban J connectivity index is 1.33. The summed E-state index contributed by atoms with van der Waals surface area (Å²) >= 11 is 1.12. The van der Waals surface area contributed by atoms with E-state index in [9.17, 15) is 18.8 Å². The number of para-hydroxylation sites is 2. The molecule has 7 nitrogen and oxygen atoms in total. The highest BCUT2D eigenvalue weighted by atomic mass is 32.1. The van der Waals surface area contributed by atoms with Crippen molar-refractivity contribution in [2.45, 2.75) is 6.92 Å². The first kappa shape index (κ1) is 23.9. The molecule has 1 heterocycles. The molecule has 4 aromatic rings. The fourth-order valence-electron chi connectivity index (χ4n) is 3.49. The number of nitrogens with one attached hydrogen (secondary N) is 2. The highest BCUT2D eigenvalue weighted by Crippen LogP contribution is 2.33. The first-order valence-electron chi connectivity index (χ1n) is 10.6. The minimum absolute atomic E-state index is 0.253. The van der Waals surface area contributed by atoms with Crippen molar-refractivity contribution in [1.82, 2.24) is 0 Å². The lowest BCUT2D eigenvalue weighted by molar-refractivity contribution is -0.119. The van der Waals surface area contributed by atoms with E-state index in [4.69, 9.17) is 9.47 Å². The molecule has 0 unspecified atom stereocenters. The highest BCUT2D eigenvalue weighted by Gasteiger charge is 2.20. The van der Waals surface area contributed by atoms with Gasteiger partial charge in [0.1, 0.15) is 16.4 Å². The summed E-state index contributed by atoms with van der Waals surface area (Å²) in [5.41, 5.74) is 1.83. The lowest BCUT2D eigenvalue weighted by Gasteiger charge is -2.10. The average molecular weight is 493 g/mol. The van der Waals surface area contributed by atoms with Crippen molar-refractivity contribution >= 4 is 50.6 Å².